The van der Waals surface area contributed by atoms with E-state index in [4.69, 9.17) is 0 Å². The van der Waals surface area contributed by atoms with Gasteiger partial charge in [-0.2, -0.15) is 9.40 Å². The van der Waals surface area contributed by atoms with E-state index in [9.17, 15) is 13.2 Å². The summed E-state index contributed by atoms with van der Waals surface area (Å²) in [6, 6.07) is 8.12. The van der Waals surface area contributed by atoms with E-state index in [1.807, 2.05) is 0 Å². The molecule has 1 saturated heterocycles. The average Bonchev–Trinajstić information content (AvgIpc) is 3.08. The van der Waals surface area contributed by atoms with Crippen LogP contribution in [-0.2, 0) is 21.4 Å². The van der Waals surface area contributed by atoms with Crippen LogP contribution in [0.1, 0.15) is 19.3 Å². The number of carbonyl (C=O) groups is 1. The lowest BCUT2D eigenvalue weighted by atomic mass is 10.2. The highest BCUT2D eigenvalue weighted by molar-refractivity contribution is 7.89. The van der Waals surface area contributed by atoms with Gasteiger partial charge in [-0.25, -0.2) is 8.42 Å². The summed E-state index contributed by atoms with van der Waals surface area (Å²) >= 11 is 0. The van der Waals surface area contributed by atoms with Crippen molar-refractivity contribution in [2.24, 2.45) is 0 Å². The molecule has 0 spiro atoms. The summed E-state index contributed by atoms with van der Waals surface area (Å²) in [6.45, 7) is 1.19. The zero-order valence-corrected chi connectivity index (χ0v) is 14.1. The summed E-state index contributed by atoms with van der Waals surface area (Å²) in [5.41, 5.74) is 0.463. The molecule has 2 heterocycles. The highest BCUT2D eigenvalue weighted by atomic mass is 32.2. The van der Waals surface area contributed by atoms with Gasteiger partial charge in [-0.1, -0.05) is 12.5 Å². The van der Waals surface area contributed by atoms with Crippen LogP contribution in [0.2, 0.25) is 0 Å². The number of nitrogens with zero attached hydrogens (tertiary/aromatic N) is 3. The van der Waals surface area contributed by atoms with Gasteiger partial charge in [0.25, 0.3) is 0 Å². The summed E-state index contributed by atoms with van der Waals surface area (Å²) in [4.78, 5) is 12.2. The highest BCUT2D eigenvalue weighted by Gasteiger charge is 2.26. The lowest BCUT2D eigenvalue weighted by Gasteiger charge is -2.26. The molecule has 0 aliphatic carbocycles. The van der Waals surface area contributed by atoms with Crippen LogP contribution in [0.25, 0.3) is 0 Å². The van der Waals surface area contributed by atoms with Crippen LogP contribution in [-0.4, -0.2) is 41.5 Å². The Morgan fingerprint density at radius 3 is 2.67 bits per heavy atom. The molecule has 24 heavy (non-hydrogen) atoms. The molecule has 1 fully saturated rings. The number of benzene rings is 1. The fraction of sp³-hybridized carbons (Fsp3) is 0.375. The second-order valence-electron chi connectivity index (χ2n) is 5.74. The number of amides is 1. The van der Waals surface area contributed by atoms with Gasteiger partial charge in [0.15, 0.2) is 0 Å². The maximum atomic E-state index is 12.7. The molecule has 1 aliphatic heterocycles. The Hall–Kier alpha value is -2.19. The van der Waals surface area contributed by atoms with E-state index in [0.717, 1.165) is 19.3 Å². The monoisotopic (exact) mass is 348 g/mol. The van der Waals surface area contributed by atoms with Gasteiger partial charge in [0.1, 0.15) is 6.54 Å². The molecule has 0 radical (unpaired) electrons. The lowest BCUT2D eigenvalue weighted by Crippen LogP contribution is -2.35. The molecule has 128 valence electrons. The summed E-state index contributed by atoms with van der Waals surface area (Å²) in [5.74, 6) is -0.258. The minimum atomic E-state index is -3.51. The topological polar surface area (TPSA) is 84.3 Å². The van der Waals surface area contributed by atoms with E-state index in [1.165, 1.54) is 15.1 Å². The first-order chi connectivity index (χ1) is 11.6. The number of carbonyl (C=O) groups excluding carboxylic acids is 1. The minimum absolute atomic E-state index is 0.0795. The molecule has 7 nitrogen and oxygen atoms in total. The number of hydrogen-bond acceptors (Lipinski definition) is 4. The fourth-order valence-electron chi connectivity index (χ4n) is 2.73. The molecule has 1 aromatic carbocycles. The first-order valence-electron chi connectivity index (χ1n) is 7.93. The molecule has 0 saturated carbocycles. The van der Waals surface area contributed by atoms with Crippen molar-refractivity contribution in [2.45, 2.75) is 30.7 Å². The van der Waals surface area contributed by atoms with Crippen molar-refractivity contribution in [3.8, 4) is 0 Å². The van der Waals surface area contributed by atoms with Gasteiger partial charge in [0, 0.05) is 31.2 Å². The van der Waals surface area contributed by atoms with Gasteiger partial charge in [0.05, 0.1) is 4.90 Å². The van der Waals surface area contributed by atoms with Gasteiger partial charge >= 0.3 is 0 Å². The van der Waals surface area contributed by atoms with Gasteiger partial charge in [-0.3, -0.25) is 9.48 Å². The molecule has 0 atom stereocenters. The number of sulfonamides is 1. The summed E-state index contributed by atoms with van der Waals surface area (Å²) < 4.78 is 28.4. The third-order valence-corrected chi connectivity index (χ3v) is 5.83. The first-order valence-corrected chi connectivity index (χ1v) is 9.37. The number of aromatic nitrogens is 2. The average molecular weight is 348 g/mol. The maximum Gasteiger partial charge on any atom is 0.246 e. The Labute approximate surface area is 141 Å². The van der Waals surface area contributed by atoms with Crippen LogP contribution in [0.5, 0.6) is 0 Å². The van der Waals surface area contributed by atoms with Crippen molar-refractivity contribution in [1.82, 2.24) is 14.1 Å². The van der Waals surface area contributed by atoms with E-state index in [1.54, 1.807) is 36.7 Å². The standard InChI is InChI=1S/C16H20N4O3S/c21-16(13-19-9-5-8-17-19)18-14-6-4-7-15(12-14)24(22,23)20-10-2-1-3-11-20/h4-9,12H,1-3,10-11,13H2,(H,18,21). The van der Waals surface area contributed by atoms with Gasteiger partial charge in [-0.15, -0.1) is 0 Å². The maximum absolute atomic E-state index is 12.7. The Kier molecular flexibility index (Phi) is 4.96. The molecule has 1 aromatic heterocycles. The molecule has 1 N–H and O–H groups in total. The Morgan fingerprint density at radius 1 is 1.17 bits per heavy atom. The molecular formula is C16H20N4O3S. The summed E-state index contributed by atoms with van der Waals surface area (Å²) in [6.07, 6.45) is 6.13. The van der Waals surface area contributed by atoms with Crippen molar-refractivity contribution in [2.75, 3.05) is 18.4 Å². The van der Waals surface area contributed by atoms with Crippen LogP contribution in [0.15, 0.2) is 47.6 Å². The molecule has 8 heteroatoms. The van der Waals surface area contributed by atoms with Crippen LogP contribution in [0.4, 0.5) is 5.69 Å². The second-order valence-corrected chi connectivity index (χ2v) is 7.68. The molecule has 3 rings (SSSR count). The van der Waals surface area contributed by atoms with Crippen molar-refractivity contribution < 1.29 is 13.2 Å². The zero-order valence-electron chi connectivity index (χ0n) is 13.3. The number of nitrogens with one attached hydrogen (secondary N) is 1. The van der Waals surface area contributed by atoms with Crippen molar-refractivity contribution in [3.63, 3.8) is 0 Å². The third-order valence-electron chi connectivity index (χ3n) is 3.94. The SMILES string of the molecule is O=C(Cn1cccn1)Nc1cccc(S(=O)(=O)N2CCCCC2)c1. The van der Waals surface area contributed by atoms with Crippen LogP contribution < -0.4 is 5.32 Å². The molecule has 2 aromatic rings. The third kappa shape index (κ3) is 3.82. The van der Waals surface area contributed by atoms with Crippen molar-refractivity contribution in [1.29, 1.82) is 0 Å². The predicted molar refractivity (Wildman–Crippen MR) is 89.9 cm³/mol. The molecule has 1 amide bonds. The lowest BCUT2D eigenvalue weighted by molar-refractivity contribution is -0.116. The van der Waals surface area contributed by atoms with Crippen LogP contribution >= 0.6 is 0 Å². The molecule has 0 unspecified atom stereocenters. The quantitative estimate of drug-likeness (QED) is 0.891. The van der Waals surface area contributed by atoms with Crippen LogP contribution in [0, 0.1) is 0 Å². The number of anilines is 1. The Morgan fingerprint density at radius 2 is 1.96 bits per heavy atom. The minimum Gasteiger partial charge on any atom is -0.324 e. The molecule has 1 aliphatic rings. The smallest absolute Gasteiger partial charge is 0.246 e. The van der Waals surface area contributed by atoms with Crippen molar-refractivity contribution >= 4 is 21.6 Å². The van der Waals surface area contributed by atoms with E-state index in [2.05, 4.69) is 10.4 Å². The normalized spacial score (nSPS) is 16.0. The first kappa shape index (κ1) is 16.7. The van der Waals surface area contributed by atoms with Gasteiger partial charge < -0.3 is 5.32 Å². The Balaban J connectivity index is 1.72. The number of hydrogen-bond donors (Lipinski definition) is 1. The highest BCUT2D eigenvalue weighted by Crippen LogP contribution is 2.22. The Bertz CT molecular complexity index is 796. The van der Waals surface area contributed by atoms with E-state index < -0.39 is 10.0 Å². The fourth-order valence-corrected chi connectivity index (χ4v) is 4.29. The van der Waals surface area contributed by atoms with Gasteiger partial charge in [-0.05, 0) is 37.1 Å². The molecule has 0 bridgehead atoms. The largest absolute Gasteiger partial charge is 0.324 e. The van der Waals surface area contributed by atoms with E-state index >= 15 is 0 Å². The molecular weight excluding hydrogens is 328 g/mol. The van der Waals surface area contributed by atoms with E-state index in [-0.39, 0.29) is 17.3 Å². The number of piperidine rings is 1. The van der Waals surface area contributed by atoms with Gasteiger partial charge in [0.2, 0.25) is 15.9 Å². The summed E-state index contributed by atoms with van der Waals surface area (Å²) in [5, 5.41) is 6.68. The number of rotatable bonds is 5. The second kappa shape index (κ2) is 7.14. The summed E-state index contributed by atoms with van der Waals surface area (Å²) in [7, 11) is -3.51. The zero-order chi connectivity index (χ0) is 17.0. The van der Waals surface area contributed by atoms with Crippen molar-refractivity contribution in [3.05, 3.63) is 42.7 Å². The predicted octanol–water partition coefficient (Wildman–Crippen LogP) is 1.70. The van der Waals surface area contributed by atoms with Crippen LogP contribution in [0.3, 0.4) is 0 Å². The van der Waals surface area contributed by atoms with E-state index in [0.29, 0.717) is 18.8 Å².